The molecule has 0 fully saturated rings. The van der Waals surface area contributed by atoms with Crippen molar-refractivity contribution in [1.82, 2.24) is 5.32 Å². The Morgan fingerprint density at radius 1 is 1.11 bits per heavy atom. The van der Waals surface area contributed by atoms with Crippen LogP contribution < -0.4 is 9.62 Å². The van der Waals surface area contributed by atoms with Gasteiger partial charge in [-0.2, -0.15) is 0 Å². The molecule has 27 heavy (non-hydrogen) atoms. The molecule has 2 aromatic carbocycles. The lowest BCUT2D eigenvalue weighted by Gasteiger charge is -2.29. The molecule has 0 heterocycles. The van der Waals surface area contributed by atoms with Crippen LogP contribution in [0.4, 0.5) is 5.69 Å². The summed E-state index contributed by atoms with van der Waals surface area (Å²) in [7, 11) is -3.68. The zero-order valence-electron chi connectivity index (χ0n) is 15.4. The van der Waals surface area contributed by atoms with Gasteiger partial charge < -0.3 is 5.32 Å². The molecule has 0 aliphatic carbocycles. The van der Waals surface area contributed by atoms with Crippen molar-refractivity contribution in [2.24, 2.45) is 0 Å². The van der Waals surface area contributed by atoms with Gasteiger partial charge in [-0.25, -0.2) is 8.42 Å². The van der Waals surface area contributed by atoms with E-state index >= 15 is 0 Å². The number of benzene rings is 2. The Labute approximate surface area is 170 Å². The lowest BCUT2D eigenvalue weighted by Crippen LogP contribution is -2.48. The lowest BCUT2D eigenvalue weighted by molar-refractivity contribution is -0.121. The summed E-state index contributed by atoms with van der Waals surface area (Å²) in [5.41, 5.74) is 2.13. The number of hydrogen-bond acceptors (Lipinski definition) is 3. The Hall–Kier alpha value is -1.76. The third-order valence-electron chi connectivity index (χ3n) is 4.12. The summed E-state index contributed by atoms with van der Waals surface area (Å²) in [5.74, 6) is -0.381. The summed E-state index contributed by atoms with van der Waals surface area (Å²) in [6.45, 7) is 3.71. The minimum atomic E-state index is -3.68. The monoisotopic (exact) mass is 428 g/mol. The minimum absolute atomic E-state index is 0.381. The number of carbonyl (C=O) groups is 1. The van der Waals surface area contributed by atoms with E-state index < -0.39 is 16.1 Å². The smallest absolute Gasteiger partial charge is 0.243 e. The second-order valence-electron chi connectivity index (χ2n) is 6.33. The molecule has 1 atom stereocenters. The van der Waals surface area contributed by atoms with Crippen molar-refractivity contribution in [3.63, 3.8) is 0 Å². The van der Waals surface area contributed by atoms with Crippen LogP contribution in [0.1, 0.15) is 18.1 Å². The number of sulfonamides is 1. The lowest BCUT2D eigenvalue weighted by atomic mass is 10.1. The van der Waals surface area contributed by atoms with E-state index in [2.05, 4.69) is 5.32 Å². The maximum absolute atomic E-state index is 12.6. The predicted octanol–water partition coefficient (Wildman–Crippen LogP) is 3.82. The topological polar surface area (TPSA) is 66.5 Å². The zero-order chi connectivity index (χ0) is 20.2. The fraction of sp³-hybridized carbons (Fsp3) is 0.316. The number of carbonyl (C=O) groups excluding carboxylic acids is 1. The number of rotatable bonds is 7. The van der Waals surface area contributed by atoms with Gasteiger partial charge in [-0.3, -0.25) is 9.10 Å². The van der Waals surface area contributed by atoms with Crippen LogP contribution in [0, 0.1) is 6.92 Å². The maximum atomic E-state index is 12.6. The Morgan fingerprint density at radius 3 is 2.30 bits per heavy atom. The Kier molecular flexibility index (Phi) is 7.14. The largest absolute Gasteiger partial charge is 0.354 e. The van der Waals surface area contributed by atoms with Gasteiger partial charge in [-0.15, -0.1) is 0 Å². The first-order valence-corrected chi connectivity index (χ1v) is 11.0. The second-order valence-corrected chi connectivity index (χ2v) is 9.07. The predicted molar refractivity (Wildman–Crippen MR) is 111 cm³/mol. The van der Waals surface area contributed by atoms with Crippen LogP contribution in [0.2, 0.25) is 10.0 Å². The summed E-state index contributed by atoms with van der Waals surface area (Å²) in [4.78, 5) is 12.6. The van der Waals surface area contributed by atoms with Gasteiger partial charge in [0.05, 0.1) is 11.9 Å². The molecule has 0 saturated heterocycles. The molecule has 2 aromatic rings. The van der Waals surface area contributed by atoms with Crippen molar-refractivity contribution < 1.29 is 13.2 Å². The van der Waals surface area contributed by atoms with Crippen LogP contribution >= 0.6 is 23.2 Å². The van der Waals surface area contributed by atoms with Gasteiger partial charge in [0.1, 0.15) is 6.04 Å². The SMILES string of the molecule is Cc1ccc(Cl)cc1N(C(C)C(=O)NCCc1ccc(Cl)cc1)S(C)(=O)=O. The van der Waals surface area contributed by atoms with Crippen molar-refractivity contribution >= 4 is 44.8 Å². The third kappa shape index (κ3) is 5.86. The second kappa shape index (κ2) is 8.95. The van der Waals surface area contributed by atoms with Gasteiger partial charge in [0, 0.05) is 16.6 Å². The molecule has 1 amide bonds. The highest BCUT2D eigenvalue weighted by Gasteiger charge is 2.30. The number of hydrogen-bond donors (Lipinski definition) is 1. The molecule has 146 valence electrons. The van der Waals surface area contributed by atoms with Crippen molar-refractivity contribution in [1.29, 1.82) is 0 Å². The zero-order valence-corrected chi connectivity index (χ0v) is 17.7. The molecule has 8 heteroatoms. The average Bonchev–Trinajstić information content (AvgIpc) is 2.58. The summed E-state index contributed by atoms with van der Waals surface area (Å²) in [6.07, 6.45) is 1.69. The maximum Gasteiger partial charge on any atom is 0.243 e. The van der Waals surface area contributed by atoms with Gasteiger partial charge >= 0.3 is 0 Å². The van der Waals surface area contributed by atoms with E-state index in [0.717, 1.165) is 16.1 Å². The van der Waals surface area contributed by atoms with E-state index in [0.29, 0.717) is 34.3 Å². The number of amides is 1. The molecule has 5 nitrogen and oxygen atoms in total. The Morgan fingerprint density at radius 2 is 1.70 bits per heavy atom. The van der Waals surface area contributed by atoms with Crippen LogP contribution in [0.15, 0.2) is 42.5 Å². The molecule has 0 spiro atoms. The normalized spacial score (nSPS) is 12.5. The third-order valence-corrected chi connectivity index (χ3v) is 5.84. The molecule has 0 aliphatic rings. The fourth-order valence-electron chi connectivity index (χ4n) is 2.73. The van der Waals surface area contributed by atoms with Crippen molar-refractivity contribution in [2.45, 2.75) is 26.3 Å². The van der Waals surface area contributed by atoms with E-state index in [-0.39, 0.29) is 5.91 Å². The van der Waals surface area contributed by atoms with Gasteiger partial charge in [0.15, 0.2) is 0 Å². The van der Waals surface area contributed by atoms with E-state index in [1.54, 1.807) is 44.2 Å². The highest BCUT2D eigenvalue weighted by atomic mass is 35.5. The minimum Gasteiger partial charge on any atom is -0.354 e. The molecular formula is C19H22Cl2N2O3S. The molecule has 1 N–H and O–H groups in total. The van der Waals surface area contributed by atoms with Crippen LogP contribution in [-0.2, 0) is 21.2 Å². The van der Waals surface area contributed by atoms with Crippen molar-refractivity contribution in [3.8, 4) is 0 Å². The molecule has 0 saturated carbocycles. The van der Waals surface area contributed by atoms with Crippen LogP contribution in [-0.4, -0.2) is 33.2 Å². The van der Waals surface area contributed by atoms with Crippen LogP contribution in [0.25, 0.3) is 0 Å². The highest BCUT2D eigenvalue weighted by Crippen LogP contribution is 2.28. The van der Waals surface area contributed by atoms with Crippen molar-refractivity contribution in [3.05, 3.63) is 63.6 Å². The van der Waals surface area contributed by atoms with Crippen molar-refractivity contribution in [2.75, 3.05) is 17.1 Å². The summed E-state index contributed by atoms with van der Waals surface area (Å²) < 4.78 is 25.8. The van der Waals surface area contributed by atoms with Gasteiger partial charge in [0.2, 0.25) is 15.9 Å². The van der Waals surface area contributed by atoms with Gasteiger partial charge in [0.25, 0.3) is 0 Å². The number of nitrogens with zero attached hydrogens (tertiary/aromatic N) is 1. The summed E-state index contributed by atoms with van der Waals surface area (Å²) >= 11 is 11.9. The molecule has 0 bridgehead atoms. The molecule has 0 aromatic heterocycles. The first-order valence-electron chi connectivity index (χ1n) is 8.37. The van der Waals surface area contributed by atoms with E-state index in [1.807, 2.05) is 12.1 Å². The molecular weight excluding hydrogens is 407 g/mol. The van der Waals surface area contributed by atoms with Gasteiger partial charge in [-0.05, 0) is 55.7 Å². The highest BCUT2D eigenvalue weighted by molar-refractivity contribution is 7.92. The fourth-order valence-corrected chi connectivity index (χ4v) is 4.25. The first kappa shape index (κ1) is 21.5. The standard InChI is InChI=1S/C19H22Cl2N2O3S/c1-13-4-7-17(21)12-18(13)23(27(3,25)26)14(2)19(24)22-11-10-15-5-8-16(20)9-6-15/h4-9,12,14H,10-11H2,1-3H3,(H,22,24). The number of aryl methyl sites for hydroxylation is 1. The number of anilines is 1. The van der Waals surface area contributed by atoms with E-state index in [1.165, 1.54) is 0 Å². The molecule has 0 aliphatic heterocycles. The summed E-state index contributed by atoms with van der Waals surface area (Å²) in [5, 5.41) is 3.84. The van der Waals surface area contributed by atoms with Crippen LogP contribution in [0.3, 0.4) is 0 Å². The average molecular weight is 429 g/mol. The quantitative estimate of drug-likeness (QED) is 0.728. The van der Waals surface area contributed by atoms with E-state index in [9.17, 15) is 13.2 Å². The first-order chi connectivity index (χ1) is 12.6. The molecule has 2 rings (SSSR count). The Balaban J connectivity index is 2.13. The number of nitrogens with one attached hydrogen (secondary N) is 1. The van der Waals surface area contributed by atoms with E-state index in [4.69, 9.17) is 23.2 Å². The van der Waals surface area contributed by atoms with Crippen LogP contribution in [0.5, 0.6) is 0 Å². The van der Waals surface area contributed by atoms with Gasteiger partial charge in [-0.1, -0.05) is 41.4 Å². The summed E-state index contributed by atoms with van der Waals surface area (Å²) in [6, 6.07) is 11.4. The molecule has 1 unspecified atom stereocenters. The molecule has 0 radical (unpaired) electrons. The number of halogens is 2. The Bertz CT molecular complexity index is 915.